The van der Waals surface area contributed by atoms with Crippen LogP contribution in [0, 0.1) is 0 Å². The van der Waals surface area contributed by atoms with Gasteiger partial charge in [-0.05, 0) is 5.56 Å². The van der Waals surface area contributed by atoms with Gasteiger partial charge in [0, 0.05) is 6.42 Å². The summed E-state index contributed by atoms with van der Waals surface area (Å²) in [5.74, 6) is -0.668. The first-order valence-corrected chi connectivity index (χ1v) is 8.71. The van der Waals surface area contributed by atoms with Crippen LogP contribution in [0.1, 0.15) is 18.4 Å². The number of esters is 1. The molecule has 0 atom stereocenters. The van der Waals surface area contributed by atoms with Crippen molar-refractivity contribution >= 4 is 16.1 Å². The Morgan fingerprint density at radius 1 is 1.18 bits per heavy atom. The zero-order valence-electron chi connectivity index (χ0n) is 13.0. The highest BCUT2D eigenvalue weighted by Gasteiger charge is 2.17. The molecule has 1 rings (SSSR count). The van der Waals surface area contributed by atoms with E-state index in [2.05, 4.69) is 0 Å². The maximum absolute atomic E-state index is 11.6. The lowest BCUT2D eigenvalue weighted by Crippen LogP contribution is -2.44. The molecule has 0 spiro atoms. The van der Waals surface area contributed by atoms with Gasteiger partial charge in [0.1, 0.15) is 16.7 Å². The molecular formula is C15H23NO5S. The molecule has 1 aromatic rings. The van der Waals surface area contributed by atoms with Gasteiger partial charge in [-0.2, -0.15) is 0 Å². The number of ether oxygens (including phenoxy) is 1. The van der Waals surface area contributed by atoms with E-state index in [1.807, 2.05) is 44.4 Å². The number of carbonyl (C=O) groups excluding carboxylic acids is 1. The van der Waals surface area contributed by atoms with Crippen molar-refractivity contribution in [3.8, 4) is 0 Å². The first-order valence-electron chi connectivity index (χ1n) is 7.13. The Hall–Kier alpha value is -1.44. The molecule has 0 fully saturated rings. The van der Waals surface area contributed by atoms with Gasteiger partial charge in [0.05, 0.1) is 39.4 Å². The number of hydrogen-bond donors (Lipinski definition) is 0. The van der Waals surface area contributed by atoms with Crippen LogP contribution in [0.2, 0.25) is 0 Å². The average molecular weight is 329 g/mol. The lowest BCUT2D eigenvalue weighted by molar-refractivity contribution is -0.888. The molecule has 0 unspecified atom stereocenters. The molecule has 6 nitrogen and oxygen atoms in total. The van der Waals surface area contributed by atoms with Crippen LogP contribution in [0.4, 0.5) is 0 Å². The molecule has 0 aliphatic rings. The third-order valence-electron chi connectivity index (χ3n) is 3.33. The molecule has 0 heterocycles. The Labute approximate surface area is 132 Å². The quantitative estimate of drug-likeness (QED) is 0.385. The van der Waals surface area contributed by atoms with Gasteiger partial charge in [0.15, 0.2) is 0 Å². The third-order valence-corrected chi connectivity index (χ3v) is 4.02. The van der Waals surface area contributed by atoms with Crippen molar-refractivity contribution in [2.75, 3.05) is 32.9 Å². The number of nitrogens with zero attached hydrogens (tertiary/aromatic N) is 1. The summed E-state index contributed by atoms with van der Waals surface area (Å²) in [5, 5.41) is 0. The summed E-state index contributed by atoms with van der Waals surface area (Å²) in [6, 6.07) is 9.43. The van der Waals surface area contributed by atoms with Gasteiger partial charge in [-0.25, -0.2) is 8.42 Å². The second-order valence-electron chi connectivity index (χ2n) is 5.89. The van der Waals surface area contributed by atoms with Crippen molar-refractivity contribution in [2.45, 2.75) is 19.4 Å². The molecule has 0 amide bonds. The van der Waals surface area contributed by atoms with E-state index in [-0.39, 0.29) is 25.5 Å². The fourth-order valence-electron chi connectivity index (χ4n) is 1.93. The molecule has 1 aromatic carbocycles. The number of hydrogen-bond acceptors (Lipinski definition) is 5. The number of benzene rings is 1. The van der Waals surface area contributed by atoms with Gasteiger partial charge in [-0.3, -0.25) is 4.79 Å². The van der Waals surface area contributed by atoms with Crippen molar-refractivity contribution in [3.63, 3.8) is 0 Å². The van der Waals surface area contributed by atoms with Gasteiger partial charge >= 0.3 is 5.97 Å². The van der Waals surface area contributed by atoms with Crippen molar-refractivity contribution < 1.29 is 27.0 Å². The molecular weight excluding hydrogens is 306 g/mol. The fourth-order valence-corrected chi connectivity index (χ4v) is 2.65. The summed E-state index contributed by atoms with van der Waals surface area (Å²) in [4.78, 5) is 11.6. The van der Waals surface area contributed by atoms with Crippen LogP contribution in [0.15, 0.2) is 30.3 Å². The maximum atomic E-state index is 11.6. The van der Waals surface area contributed by atoms with Crippen molar-refractivity contribution in [3.05, 3.63) is 35.9 Å². The number of carbonyl (C=O) groups is 1. The monoisotopic (exact) mass is 329 g/mol. The lowest BCUT2D eigenvalue weighted by Gasteiger charge is -2.30. The van der Waals surface area contributed by atoms with E-state index in [4.69, 9.17) is 4.74 Å². The molecule has 124 valence electrons. The smallest absolute Gasteiger partial charge is 0.306 e. The van der Waals surface area contributed by atoms with Crippen molar-refractivity contribution in [1.82, 2.24) is 0 Å². The zero-order chi connectivity index (χ0) is 16.6. The predicted molar refractivity (Wildman–Crippen MR) is 81.9 cm³/mol. The first kappa shape index (κ1) is 18.6. The van der Waals surface area contributed by atoms with Crippen LogP contribution < -0.4 is 0 Å². The highest BCUT2D eigenvalue weighted by Crippen LogP contribution is 2.06. The Morgan fingerprint density at radius 2 is 1.82 bits per heavy atom. The van der Waals surface area contributed by atoms with Gasteiger partial charge in [0.25, 0.3) is 0 Å². The topological polar surface area (TPSA) is 83.5 Å². The lowest BCUT2D eigenvalue weighted by atomic mass is 10.2. The minimum absolute atomic E-state index is 0.241. The van der Waals surface area contributed by atoms with Crippen LogP contribution in [0.3, 0.4) is 0 Å². The van der Waals surface area contributed by atoms with E-state index < -0.39 is 15.9 Å². The van der Waals surface area contributed by atoms with Crippen LogP contribution in [-0.4, -0.2) is 56.4 Å². The second kappa shape index (κ2) is 8.26. The molecule has 0 saturated heterocycles. The normalized spacial score (nSPS) is 12.1. The Morgan fingerprint density at radius 3 is 2.41 bits per heavy atom. The fraction of sp³-hybridized carbons (Fsp3) is 0.533. The number of quaternary nitrogens is 1. The number of rotatable bonds is 9. The molecule has 0 aliphatic carbocycles. The molecule has 0 saturated carbocycles. The standard InChI is InChI=1S/C15H23NO5S/c1-16(2,11-12-22(18,19)20)10-6-9-15(17)21-13-14-7-4-3-5-8-14/h3-5,7-8H,6,9-13H2,1-2H3. The Kier molecular flexibility index (Phi) is 6.99. The highest BCUT2D eigenvalue weighted by molar-refractivity contribution is 7.85. The summed E-state index contributed by atoms with van der Waals surface area (Å²) in [6.07, 6.45) is 0.859. The molecule has 0 aromatic heterocycles. The van der Waals surface area contributed by atoms with E-state index in [0.29, 0.717) is 17.4 Å². The summed E-state index contributed by atoms with van der Waals surface area (Å²) in [6.45, 7) is 1.10. The minimum atomic E-state index is -4.20. The molecule has 0 radical (unpaired) electrons. The maximum Gasteiger partial charge on any atom is 0.306 e. The van der Waals surface area contributed by atoms with Gasteiger partial charge in [0.2, 0.25) is 0 Å². The molecule has 0 aliphatic heterocycles. The van der Waals surface area contributed by atoms with E-state index in [1.165, 1.54) is 0 Å². The SMILES string of the molecule is C[N+](C)(CCCC(=O)OCc1ccccc1)CCS(=O)(=O)[O-]. The van der Waals surface area contributed by atoms with Crippen LogP contribution >= 0.6 is 0 Å². The van der Waals surface area contributed by atoms with E-state index in [1.54, 1.807) is 0 Å². The van der Waals surface area contributed by atoms with Gasteiger partial charge in [-0.15, -0.1) is 0 Å². The molecule has 7 heteroatoms. The molecule has 0 N–H and O–H groups in total. The average Bonchev–Trinajstić information content (AvgIpc) is 2.43. The third kappa shape index (κ3) is 8.76. The van der Waals surface area contributed by atoms with E-state index in [0.717, 1.165) is 5.56 Å². The van der Waals surface area contributed by atoms with E-state index >= 15 is 0 Å². The second-order valence-corrected chi connectivity index (χ2v) is 7.42. The minimum Gasteiger partial charge on any atom is -0.748 e. The summed E-state index contributed by atoms with van der Waals surface area (Å²) < 4.78 is 37.5. The van der Waals surface area contributed by atoms with Gasteiger partial charge < -0.3 is 13.8 Å². The van der Waals surface area contributed by atoms with Crippen LogP contribution in [0.25, 0.3) is 0 Å². The zero-order valence-corrected chi connectivity index (χ0v) is 13.8. The van der Waals surface area contributed by atoms with Crippen molar-refractivity contribution in [1.29, 1.82) is 0 Å². The van der Waals surface area contributed by atoms with Crippen LogP contribution in [-0.2, 0) is 26.3 Å². The van der Waals surface area contributed by atoms with Crippen LogP contribution in [0.5, 0.6) is 0 Å². The summed E-state index contributed by atoms with van der Waals surface area (Å²) in [7, 11) is -0.528. The van der Waals surface area contributed by atoms with Gasteiger partial charge in [-0.1, -0.05) is 30.3 Å². The predicted octanol–water partition coefficient (Wildman–Crippen LogP) is 1.13. The molecule has 22 heavy (non-hydrogen) atoms. The van der Waals surface area contributed by atoms with E-state index in [9.17, 15) is 17.8 Å². The molecule has 0 bridgehead atoms. The highest BCUT2D eigenvalue weighted by atomic mass is 32.2. The first-order chi connectivity index (χ1) is 10.2. The largest absolute Gasteiger partial charge is 0.748 e. The Balaban J connectivity index is 2.23. The van der Waals surface area contributed by atoms with Crippen molar-refractivity contribution in [2.24, 2.45) is 0 Å². The Bertz CT molecular complexity index is 569. The summed E-state index contributed by atoms with van der Waals surface area (Å²) >= 11 is 0. The summed E-state index contributed by atoms with van der Waals surface area (Å²) in [5.41, 5.74) is 0.938.